The molecule has 12 rings (SSSR count). The predicted octanol–water partition coefficient (Wildman–Crippen LogP) is 6.38. The van der Waals surface area contributed by atoms with Crippen LogP contribution in [-0.2, 0) is 30.8 Å². The average molecular weight is 1270 g/mol. The Balaban J connectivity index is 0.000000505. The van der Waals surface area contributed by atoms with Crippen molar-refractivity contribution < 1.29 is 107 Å². The van der Waals surface area contributed by atoms with Gasteiger partial charge in [-0.15, -0.1) is 40.7 Å². The molecule has 0 spiro atoms. The third-order valence-corrected chi connectivity index (χ3v) is 18.4. The summed E-state index contributed by atoms with van der Waals surface area (Å²) in [5.41, 5.74) is 11.2. The van der Waals surface area contributed by atoms with Crippen LogP contribution in [0.5, 0.6) is 0 Å². The molecule has 26 heteroatoms. The molecule has 2 aliphatic rings. The minimum absolute atomic E-state index is 0. The number of rotatable bonds is 10. The number of benzene rings is 8. The summed E-state index contributed by atoms with van der Waals surface area (Å²) in [6.45, 7) is 11.0. The Bertz CT molecular complexity index is 4840. The predicted molar refractivity (Wildman–Crippen MR) is 322 cm³/mol. The van der Waals surface area contributed by atoms with E-state index >= 15 is 0 Å². The SMILES string of the molecule is Cc1[c-]c(C)c(Nc2nc3ccccc3s2)c(C)c1Nc1ccc2c(-c3ccccc3S(=O)(=O)[O-])c3ccc(=[NH+]c4c(C)c(Nc5nc6ccccc6s5)c(C)c(S(=O)(=O)[O-])c4C)cc-3oc2c1.Clc1nc2ccccc2s1.O=S(=O)=O.[Na+].[Na+]. The molecular formula is C58H44ClN7Na2O10S6. The van der Waals surface area contributed by atoms with Gasteiger partial charge < -0.3 is 29.5 Å². The number of nitrogens with zero attached hydrogens (tertiary/aromatic N) is 3. The van der Waals surface area contributed by atoms with Gasteiger partial charge in [-0.05, 0) is 87.0 Å². The second-order valence-electron chi connectivity index (χ2n) is 18.6. The fourth-order valence-electron chi connectivity index (χ4n) is 9.84. The van der Waals surface area contributed by atoms with Crippen molar-refractivity contribution in [3.8, 4) is 22.5 Å². The summed E-state index contributed by atoms with van der Waals surface area (Å²) < 4.78 is 113. The van der Waals surface area contributed by atoms with Gasteiger partial charge in [0.1, 0.15) is 31.6 Å². The molecule has 0 atom stereocenters. The number of para-hydroxylation sites is 3. The number of aromatic nitrogens is 3. The summed E-state index contributed by atoms with van der Waals surface area (Å²) in [6.07, 6.45) is 0. The maximum absolute atomic E-state index is 12.9. The van der Waals surface area contributed by atoms with Crippen molar-refractivity contribution in [1.29, 1.82) is 0 Å². The van der Waals surface area contributed by atoms with E-state index in [1.54, 1.807) is 55.5 Å². The zero-order valence-electron chi connectivity index (χ0n) is 46.0. The van der Waals surface area contributed by atoms with Crippen LogP contribution >= 0.6 is 45.6 Å². The van der Waals surface area contributed by atoms with Gasteiger partial charge in [0, 0.05) is 51.0 Å². The van der Waals surface area contributed by atoms with E-state index in [0.717, 1.165) is 63.8 Å². The van der Waals surface area contributed by atoms with Gasteiger partial charge in [-0.25, -0.2) is 36.8 Å². The van der Waals surface area contributed by atoms with Crippen molar-refractivity contribution in [3.63, 3.8) is 0 Å². The van der Waals surface area contributed by atoms with Crippen molar-refractivity contribution in [2.45, 2.75) is 51.3 Å². The van der Waals surface area contributed by atoms with E-state index in [1.165, 1.54) is 34.8 Å². The van der Waals surface area contributed by atoms with Crippen molar-refractivity contribution in [2.24, 2.45) is 0 Å². The average Bonchev–Trinajstić information content (AvgIpc) is 2.36. The molecular weight excluding hydrogens is 1230 g/mol. The van der Waals surface area contributed by atoms with Gasteiger partial charge in [-0.3, -0.25) is 0 Å². The summed E-state index contributed by atoms with van der Waals surface area (Å²) in [7, 11) is -13.0. The summed E-state index contributed by atoms with van der Waals surface area (Å²) in [4.78, 5) is 16.2. The molecule has 0 saturated heterocycles. The number of fused-ring (bicyclic) bond motifs is 5. The van der Waals surface area contributed by atoms with E-state index in [2.05, 4.69) is 37.0 Å². The molecule has 416 valence electrons. The van der Waals surface area contributed by atoms with E-state index in [9.17, 15) is 25.9 Å². The monoisotopic (exact) mass is 1270 g/mol. The minimum atomic E-state index is -4.96. The molecule has 1 aliphatic heterocycles. The maximum Gasteiger partial charge on any atom is 1.00 e. The Kier molecular flexibility index (Phi) is 20.1. The molecule has 0 amide bonds. The Morgan fingerprint density at radius 3 is 1.65 bits per heavy atom. The Hall–Kier alpha value is -5.97. The summed E-state index contributed by atoms with van der Waals surface area (Å²) in [5.74, 6) is 0.318. The zero-order chi connectivity index (χ0) is 58.4. The smallest absolute Gasteiger partial charge is 0.744 e. The standard InChI is InChI=1S/C51H41N6O7S4.C7H4ClNS.2Na.O3S/c1-26-23-27(2)46(56-50-54-37-14-8-10-16-41(37)65-50)28(3)45(26)52-32-19-21-34-39(24-32)64-40-25-33(20-22-35(40)44(34)36-13-7-12-18-43(36)67(58,59)60)53-47-29(4)48(31(6)49(30(47)5)68(61,62)63)57-51-55-38-15-9-11-17-42(38)66-51;8-7-9-5-3-1-2-4-6(5)10-7;;;1-4(2)3/h7-22,24-25,52H,1-6H3,(H,54,56)(H,55,57)(H,58,59,60)(H,61,62,63);1-4H;;;/q-1;;2*+1;/p-1. The van der Waals surface area contributed by atoms with Gasteiger partial charge in [-0.1, -0.05) is 121 Å². The minimum Gasteiger partial charge on any atom is -0.744 e. The molecule has 84 heavy (non-hydrogen) atoms. The molecule has 0 saturated carbocycles. The Labute approximate surface area is 545 Å². The van der Waals surface area contributed by atoms with Gasteiger partial charge in [0.25, 0.3) is 0 Å². The van der Waals surface area contributed by atoms with Crippen molar-refractivity contribution in [3.05, 3.63) is 183 Å². The summed E-state index contributed by atoms with van der Waals surface area (Å²) in [5, 5.41) is 12.7. The molecule has 10 aromatic rings. The second-order valence-corrected chi connectivity index (χ2v) is 25.4. The number of thiazole rings is 3. The molecule has 3 aromatic heterocycles. The van der Waals surface area contributed by atoms with E-state index in [4.69, 9.17) is 33.6 Å². The fourth-order valence-corrected chi connectivity index (χ4v) is 14.2. The summed E-state index contributed by atoms with van der Waals surface area (Å²) >= 11 is 10.2. The first-order valence-electron chi connectivity index (χ1n) is 24.6. The van der Waals surface area contributed by atoms with Crippen LogP contribution in [0.4, 0.5) is 38.7 Å². The molecule has 0 unspecified atom stereocenters. The number of nitrogens with one attached hydrogen (secondary N) is 4. The first-order valence-corrected chi connectivity index (χ1v) is 31.3. The van der Waals surface area contributed by atoms with Crippen LogP contribution in [0, 0.1) is 47.6 Å². The number of aryl methyl sites for hydroxylation is 2. The first kappa shape index (κ1) is 64.0. The van der Waals surface area contributed by atoms with Crippen molar-refractivity contribution in [1.82, 2.24) is 15.0 Å². The van der Waals surface area contributed by atoms with Crippen molar-refractivity contribution in [2.75, 3.05) is 16.0 Å². The van der Waals surface area contributed by atoms with Gasteiger partial charge in [0.15, 0.2) is 14.7 Å². The van der Waals surface area contributed by atoms with E-state index < -0.39 is 35.7 Å². The van der Waals surface area contributed by atoms with Crippen LogP contribution in [0.25, 0.3) is 64.1 Å². The van der Waals surface area contributed by atoms with Crippen LogP contribution in [0.3, 0.4) is 0 Å². The molecule has 0 radical (unpaired) electrons. The molecule has 0 fully saturated rings. The molecule has 7 aromatic carbocycles. The molecule has 1 aliphatic carbocycles. The van der Waals surface area contributed by atoms with Gasteiger partial charge in [0.2, 0.25) is 11.0 Å². The largest absolute Gasteiger partial charge is 1.00 e. The Morgan fingerprint density at radius 1 is 0.571 bits per heavy atom. The number of halogens is 1. The second kappa shape index (κ2) is 26.3. The van der Waals surface area contributed by atoms with Gasteiger partial charge in [-0.2, -0.15) is 6.07 Å². The quantitative estimate of drug-likeness (QED) is 0.0501. The Morgan fingerprint density at radius 2 is 1.10 bits per heavy atom. The van der Waals surface area contributed by atoms with Crippen LogP contribution < -0.4 is 85.4 Å². The zero-order valence-corrected chi connectivity index (χ0v) is 55.6. The number of hydrogen-bond acceptors (Lipinski definition) is 19. The topological polar surface area (TPSA) is 267 Å². The molecule has 4 N–H and O–H groups in total. The molecule has 17 nitrogen and oxygen atoms in total. The number of hydrogen-bond donors (Lipinski definition) is 4. The van der Waals surface area contributed by atoms with E-state index in [0.29, 0.717) is 65.4 Å². The maximum atomic E-state index is 12.9. The van der Waals surface area contributed by atoms with E-state index in [1.807, 2.05) is 119 Å². The fraction of sp³-hybridized carbons (Fsp3) is 0.103. The van der Waals surface area contributed by atoms with Crippen molar-refractivity contribution >= 4 is 157 Å². The van der Waals surface area contributed by atoms with E-state index in [-0.39, 0.29) is 80.7 Å². The van der Waals surface area contributed by atoms with Crippen LogP contribution in [0.1, 0.15) is 33.4 Å². The van der Waals surface area contributed by atoms with Gasteiger partial charge >= 0.3 is 69.7 Å². The summed E-state index contributed by atoms with van der Waals surface area (Å²) in [6, 6.07) is 43.7. The third kappa shape index (κ3) is 13.8. The number of anilines is 6. The molecule has 4 heterocycles. The normalized spacial score (nSPS) is 11.6. The first-order chi connectivity index (χ1) is 39.0. The molecule has 0 bridgehead atoms. The van der Waals surface area contributed by atoms with Crippen LogP contribution in [-0.4, -0.2) is 53.5 Å². The van der Waals surface area contributed by atoms with Gasteiger partial charge in [0.05, 0.1) is 52.2 Å². The van der Waals surface area contributed by atoms with Crippen LogP contribution in [0.15, 0.2) is 148 Å². The third-order valence-electron chi connectivity index (χ3n) is 13.3. The van der Waals surface area contributed by atoms with Crippen LogP contribution in [0.2, 0.25) is 4.47 Å².